The summed E-state index contributed by atoms with van der Waals surface area (Å²) in [6.07, 6.45) is 3.08. The van der Waals surface area contributed by atoms with Gasteiger partial charge < -0.3 is 4.74 Å². The molecule has 2 nitrogen and oxygen atoms in total. The number of hydrogen-bond donors (Lipinski definition) is 0. The van der Waals surface area contributed by atoms with Gasteiger partial charge in [-0.2, -0.15) is 0 Å². The van der Waals surface area contributed by atoms with E-state index in [9.17, 15) is 4.79 Å². The molecule has 14 heavy (non-hydrogen) atoms. The largest absolute Gasteiger partial charge is 0.463 e. The van der Waals surface area contributed by atoms with Crippen LogP contribution in [0.25, 0.3) is 6.08 Å². The molecule has 3 heteroatoms. The summed E-state index contributed by atoms with van der Waals surface area (Å²) in [4.78, 5) is 10.9. The number of esters is 1. The van der Waals surface area contributed by atoms with Gasteiger partial charge >= 0.3 is 5.97 Å². The molecule has 0 N–H and O–H groups in total. The van der Waals surface area contributed by atoms with Crippen LogP contribution in [0.5, 0.6) is 0 Å². The quantitative estimate of drug-likeness (QED) is 0.567. The standard InChI is InChI=1S/C11H11ClO2/c1-2-14-11(13)8-5-9-3-6-10(12)7-4-9/h3-8H,2H2,1H3/b8-5-. The Bertz CT molecular complexity index is 328. The molecule has 74 valence electrons. The first kappa shape index (κ1) is 10.8. The van der Waals surface area contributed by atoms with Crippen molar-refractivity contribution in [2.24, 2.45) is 0 Å². The molecule has 1 rings (SSSR count). The summed E-state index contributed by atoms with van der Waals surface area (Å²) in [6, 6.07) is 7.20. The molecule has 0 amide bonds. The molecule has 0 spiro atoms. The molecule has 0 saturated heterocycles. The van der Waals surface area contributed by atoms with Crippen LogP contribution in [0.4, 0.5) is 0 Å². The molecule has 0 radical (unpaired) electrons. The highest BCUT2D eigenvalue weighted by atomic mass is 35.5. The third-order valence-electron chi connectivity index (χ3n) is 1.57. The van der Waals surface area contributed by atoms with E-state index in [0.29, 0.717) is 11.6 Å². The summed E-state index contributed by atoms with van der Waals surface area (Å²) in [7, 11) is 0. The van der Waals surface area contributed by atoms with Crippen molar-refractivity contribution in [1.29, 1.82) is 0 Å². The second kappa shape index (κ2) is 5.45. The highest BCUT2D eigenvalue weighted by Gasteiger charge is 1.93. The minimum Gasteiger partial charge on any atom is -0.463 e. The van der Waals surface area contributed by atoms with E-state index in [4.69, 9.17) is 16.3 Å². The maximum atomic E-state index is 10.9. The van der Waals surface area contributed by atoms with E-state index in [2.05, 4.69) is 0 Å². The summed E-state index contributed by atoms with van der Waals surface area (Å²) >= 11 is 5.71. The fraction of sp³-hybridized carbons (Fsp3) is 0.182. The van der Waals surface area contributed by atoms with Crippen LogP contribution in [0.15, 0.2) is 30.3 Å². The predicted molar refractivity (Wildman–Crippen MR) is 57.1 cm³/mol. The van der Waals surface area contributed by atoms with E-state index in [-0.39, 0.29) is 5.97 Å². The molecule has 0 heterocycles. The number of hydrogen-bond acceptors (Lipinski definition) is 2. The first-order valence-electron chi connectivity index (χ1n) is 4.33. The summed E-state index contributed by atoms with van der Waals surface area (Å²) in [5, 5.41) is 0.679. The average molecular weight is 211 g/mol. The molecule has 0 unspecified atom stereocenters. The molecule has 0 fully saturated rings. The number of ether oxygens (including phenoxy) is 1. The van der Waals surface area contributed by atoms with Gasteiger partial charge in [0.1, 0.15) is 0 Å². The number of carbonyl (C=O) groups is 1. The van der Waals surface area contributed by atoms with Crippen molar-refractivity contribution in [3.63, 3.8) is 0 Å². The molecular formula is C11H11ClO2. The Morgan fingerprint density at radius 1 is 1.43 bits per heavy atom. The van der Waals surface area contributed by atoms with Crippen molar-refractivity contribution in [3.8, 4) is 0 Å². The third-order valence-corrected chi connectivity index (χ3v) is 1.82. The predicted octanol–water partition coefficient (Wildman–Crippen LogP) is 2.92. The summed E-state index contributed by atoms with van der Waals surface area (Å²) < 4.78 is 4.74. The second-order valence-corrected chi connectivity index (χ2v) is 3.07. The lowest BCUT2D eigenvalue weighted by Crippen LogP contribution is -1.98. The normalized spacial score (nSPS) is 10.4. The minimum atomic E-state index is -0.331. The highest BCUT2D eigenvalue weighted by molar-refractivity contribution is 6.30. The monoisotopic (exact) mass is 210 g/mol. The third kappa shape index (κ3) is 3.62. The van der Waals surface area contributed by atoms with Crippen LogP contribution in [0.3, 0.4) is 0 Å². The van der Waals surface area contributed by atoms with Crippen LogP contribution in [-0.2, 0) is 9.53 Å². The van der Waals surface area contributed by atoms with Crippen molar-refractivity contribution in [3.05, 3.63) is 40.9 Å². The number of rotatable bonds is 3. The highest BCUT2D eigenvalue weighted by Crippen LogP contribution is 2.10. The van der Waals surface area contributed by atoms with Gasteiger partial charge in [-0.25, -0.2) is 4.79 Å². The molecule has 1 aromatic carbocycles. The molecule has 0 aromatic heterocycles. The first-order chi connectivity index (χ1) is 6.72. The lowest BCUT2D eigenvalue weighted by molar-refractivity contribution is -0.137. The van der Waals surface area contributed by atoms with Crippen LogP contribution in [0.1, 0.15) is 12.5 Å². The minimum absolute atomic E-state index is 0.331. The van der Waals surface area contributed by atoms with Crippen molar-refractivity contribution in [2.45, 2.75) is 6.92 Å². The molecule has 0 atom stereocenters. The average Bonchev–Trinajstić information content (AvgIpc) is 2.17. The summed E-state index contributed by atoms with van der Waals surface area (Å²) in [5.74, 6) is -0.331. The SMILES string of the molecule is CCOC(=O)/C=C\c1ccc(Cl)cc1. The van der Waals surface area contributed by atoms with Crippen LogP contribution < -0.4 is 0 Å². The molecule has 0 aliphatic heterocycles. The molecule has 0 aliphatic rings. The van der Waals surface area contributed by atoms with Gasteiger partial charge in [-0.15, -0.1) is 0 Å². The van der Waals surface area contributed by atoms with Crippen molar-refractivity contribution in [1.82, 2.24) is 0 Å². The lowest BCUT2D eigenvalue weighted by Gasteiger charge is -1.95. The summed E-state index contributed by atoms with van der Waals surface area (Å²) in [5.41, 5.74) is 0.919. The van der Waals surface area contributed by atoms with Crippen molar-refractivity contribution in [2.75, 3.05) is 6.61 Å². The molecule has 0 bridgehead atoms. The van der Waals surface area contributed by atoms with Crippen molar-refractivity contribution < 1.29 is 9.53 Å². The summed E-state index contributed by atoms with van der Waals surface area (Å²) in [6.45, 7) is 2.16. The van der Waals surface area contributed by atoms with E-state index in [1.54, 1.807) is 25.1 Å². The Labute approximate surface area is 88.1 Å². The van der Waals surface area contributed by atoms with Gasteiger partial charge in [0.25, 0.3) is 0 Å². The lowest BCUT2D eigenvalue weighted by atomic mass is 10.2. The Morgan fingerprint density at radius 2 is 2.07 bits per heavy atom. The van der Waals surface area contributed by atoms with Gasteiger partial charge in [0.15, 0.2) is 0 Å². The van der Waals surface area contributed by atoms with Gasteiger partial charge in [0, 0.05) is 11.1 Å². The van der Waals surface area contributed by atoms with Crippen LogP contribution in [0, 0.1) is 0 Å². The van der Waals surface area contributed by atoms with Crippen LogP contribution in [0.2, 0.25) is 5.02 Å². The Balaban J connectivity index is 2.60. The van der Waals surface area contributed by atoms with Gasteiger partial charge in [0.05, 0.1) is 6.61 Å². The molecule has 0 aliphatic carbocycles. The fourth-order valence-corrected chi connectivity index (χ4v) is 1.05. The van der Waals surface area contributed by atoms with E-state index in [0.717, 1.165) is 5.56 Å². The van der Waals surface area contributed by atoms with E-state index in [1.807, 2.05) is 12.1 Å². The van der Waals surface area contributed by atoms with E-state index < -0.39 is 0 Å². The Hall–Kier alpha value is -1.28. The number of benzene rings is 1. The topological polar surface area (TPSA) is 26.3 Å². The first-order valence-corrected chi connectivity index (χ1v) is 4.70. The molecular weight excluding hydrogens is 200 g/mol. The van der Waals surface area contributed by atoms with Gasteiger partial charge in [-0.3, -0.25) is 0 Å². The zero-order chi connectivity index (χ0) is 10.4. The van der Waals surface area contributed by atoms with Crippen molar-refractivity contribution >= 4 is 23.6 Å². The number of carbonyl (C=O) groups excluding carboxylic acids is 1. The second-order valence-electron chi connectivity index (χ2n) is 2.64. The fourth-order valence-electron chi connectivity index (χ4n) is 0.929. The molecule has 1 aromatic rings. The maximum Gasteiger partial charge on any atom is 0.330 e. The van der Waals surface area contributed by atoms with Crippen LogP contribution in [-0.4, -0.2) is 12.6 Å². The van der Waals surface area contributed by atoms with Gasteiger partial charge in [-0.05, 0) is 30.7 Å². The van der Waals surface area contributed by atoms with E-state index >= 15 is 0 Å². The Morgan fingerprint density at radius 3 is 2.64 bits per heavy atom. The smallest absolute Gasteiger partial charge is 0.330 e. The molecule has 0 saturated carbocycles. The van der Waals surface area contributed by atoms with Gasteiger partial charge in [-0.1, -0.05) is 23.7 Å². The van der Waals surface area contributed by atoms with Gasteiger partial charge in [0.2, 0.25) is 0 Å². The zero-order valence-corrected chi connectivity index (χ0v) is 8.62. The zero-order valence-electron chi connectivity index (χ0n) is 7.87. The Kier molecular flexibility index (Phi) is 4.20. The maximum absolute atomic E-state index is 10.9. The number of halogens is 1. The van der Waals surface area contributed by atoms with E-state index in [1.165, 1.54) is 6.08 Å². The van der Waals surface area contributed by atoms with Crippen LogP contribution >= 0.6 is 11.6 Å².